The highest BCUT2D eigenvalue weighted by atomic mass is 16.2. The van der Waals surface area contributed by atoms with Gasteiger partial charge in [0.05, 0.1) is 12.5 Å². The molecule has 2 aliphatic rings. The van der Waals surface area contributed by atoms with Gasteiger partial charge in [-0.25, -0.2) is 0 Å². The Labute approximate surface area is 129 Å². The summed E-state index contributed by atoms with van der Waals surface area (Å²) in [4.78, 5) is 51.6. The molecule has 0 spiro atoms. The van der Waals surface area contributed by atoms with E-state index in [0.29, 0.717) is 26.1 Å². The molecule has 2 N–H and O–H groups in total. The van der Waals surface area contributed by atoms with Gasteiger partial charge in [0.15, 0.2) is 0 Å². The number of carbonyl (C=O) groups is 4. The van der Waals surface area contributed by atoms with E-state index in [0.717, 1.165) is 6.42 Å². The number of rotatable bonds is 3. The van der Waals surface area contributed by atoms with Crippen LogP contribution in [0.5, 0.6) is 0 Å². The number of nitrogens with two attached hydrogens (primary N) is 1. The van der Waals surface area contributed by atoms with E-state index in [4.69, 9.17) is 5.73 Å². The smallest absolute Gasteiger partial charge is 0.242 e. The average molecular weight is 310 g/mol. The van der Waals surface area contributed by atoms with Gasteiger partial charge in [-0.15, -0.1) is 0 Å². The first-order valence-electron chi connectivity index (χ1n) is 7.49. The lowest BCUT2D eigenvalue weighted by Crippen LogP contribution is -2.45. The average Bonchev–Trinajstić information content (AvgIpc) is 2.74. The minimum absolute atomic E-state index is 0.0139. The van der Waals surface area contributed by atoms with Crippen LogP contribution in [0.25, 0.3) is 0 Å². The van der Waals surface area contributed by atoms with Crippen LogP contribution in [-0.2, 0) is 19.2 Å². The van der Waals surface area contributed by atoms with E-state index in [9.17, 15) is 19.2 Å². The molecule has 8 nitrogen and oxygen atoms in total. The van der Waals surface area contributed by atoms with E-state index in [1.807, 2.05) is 0 Å². The van der Waals surface area contributed by atoms with Crippen molar-refractivity contribution >= 4 is 23.6 Å². The molecule has 0 aromatic rings. The molecule has 2 heterocycles. The molecule has 2 rings (SSSR count). The first-order chi connectivity index (χ1) is 10.4. The number of primary amides is 1. The van der Waals surface area contributed by atoms with Crippen LogP contribution in [0.2, 0.25) is 0 Å². The summed E-state index contributed by atoms with van der Waals surface area (Å²) in [6.07, 6.45) is 1.25. The van der Waals surface area contributed by atoms with E-state index in [2.05, 4.69) is 0 Å². The molecule has 0 radical (unpaired) electrons. The van der Waals surface area contributed by atoms with Crippen LogP contribution in [0.1, 0.15) is 19.8 Å². The third kappa shape index (κ3) is 3.75. The maximum absolute atomic E-state index is 12.4. The molecule has 0 aromatic heterocycles. The van der Waals surface area contributed by atoms with Gasteiger partial charge in [0.2, 0.25) is 23.6 Å². The monoisotopic (exact) mass is 310 g/mol. The number of hydrogen-bond acceptors (Lipinski definition) is 4. The zero-order chi connectivity index (χ0) is 16.3. The third-order valence-electron chi connectivity index (χ3n) is 4.22. The summed E-state index contributed by atoms with van der Waals surface area (Å²) in [7, 11) is 0. The number of amides is 4. The Kier molecular flexibility index (Phi) is 4.99. The lowest BCUT2D eigenvalue weighted by Gasteiger charge is -2.25. The molecular formula is C14H22N4O4. The van der Waals surface area contributed by atoms with Crippen molar-refractivity contribution in [3.8, 4) is 0 Å². The fourth-order valence-corrected chi connectivity index (χ4v) is 2.84. The highest BCUT2D eigenvalue weighted by molar-refractivity contribution is 5.86. The first-order valence-corrected chi connectivity index (χ1v) is 7.49. The molecule has 4 amide bonds. The van der Waals surface area contributed by atoms with Gasteiger partial charge in [0.1, 0.15) is 0 Å². The largest absolute Gasteiger partial charge is 0.369 e. The molecule has 2 aliphatic heterocycles. The molecule has 22 heavy (non-hydrogen) atoms. The van der Waals surface area contributed by atoms with E-state index < -0.39 is 11.8 Å². The second kappa shape index (κ2) is 6.76. The number of nitrogens with zero attached hydrogens (tertiary/aromatic N) is 3. The van der Waals surface area contributed by atoms with Gasteiger partial charge in [0.25, 0.3) is 0 Å². The van der Waals surface area contributed by atoms with Crippen molar-refractivity contribution in [2.75, 3.05) is 39.3 Å². The Hall–Kier alpha value is -2.12. The summed E-state index contributed by atoms with van der Waals surface area (Å²) in [6.45, 7) is 3.21. The molecule has 0 aromatic carbocycles. The molecule has 0 aliphatic carbocycles. The number of carbonyl (C=O) groups excluding carboxylic acids is 4. The van der Waals surface area contributed by atoms with Crippen LogP contribution >= 0.6 is 0 Å². The van der Waals surface area contributed by atoms with Crippen LogP contribution in [0.15, 0.2) is 0 Å². The molecule has 122 valence electrons. The first kappa shape index (κ1) is 16.3. The van der Waals surface area contributed by atoms with E-state index in [-0.39, 0.29) is 37.4 Å². The van der Waals surface area contributed by atoms with Gasteiger partial charge < -0.3 is 20.4 Å². The summed E-state index contributed by atoms with van der Waals surface area (Å²) in [6, 6.07) is 0. The fraction of sp³-hybridized carbons (Fsp3) is 0.714. The van der Waals surface area contributed by atoms with Crippen molar-refractivity contribution in [1.82, 2.24) is 14.7 Å². The Balaban J connectivity index is 2.02. The lowest BCUT2D eigenvalue weighted by atomic mass is 10.1. The van der Waals surface area contributed by atoms with E-state index in [1.54, 1.807) is 0 Å². The molecule has 2 fully saturated rings. The molecule has 0 saturated carbocycles. The molecular weight excluding hydrogens is 288 g/mol. The topological polar surface area (TPSA) is 104 Å². The van der Waals surface area contributed by atoms with Crippen LogP contribution in [-0.4, -0.2) is 77.6 Å². The Bertz CT molecular complexity index is 493. The van der Waals surface area contributed by atoms with Crippen LogP contribution in [0.3, 0.4) is 0 Å². The van der Waals surface area contributed by atoms with E-state index in [1.165, 1.54) is 21.6 Å². The Morgan fingerprint density at radius 3 is 2.32 bits per heavy atom. The maximum Gasteiger partial charge on any atom is 0.242 e. The predicted octanol–water partition coefficient (Wildman–Crippen LogP) is -1.60. The maximum atomic E-state index is 12.4. The summed E-state index contributed by atoms with van der Waals surface area (Å²) >= 11 is 0. The van der Waals surface area contributed by atoms with Crippen molar-refractivity contribution < 1.29 is 19.2 Å². The standard InChI is InChI=1S/C14H22N4O4/c1-10(19)16-5-6-18(8-11(7-16)14(15)22)13(21)9-17-4-2-3-12(17)20/h11H,2-9H2,1H3,(H2,15,22)/t11-/m0/s1. The second-order valence-corrected chi connectivity index (χ2v) is 5.82. The van der Waals surface area contributed by atoms with Gasteiger partial charge in [-0.05, 0) is 6.42 Å². The minimum atomic E-state index is -0.579. The van der Waals surface area contributed by atoms with Crippen molar-refractivity contribution in [1.29, 1.82) is 0 Å². The summed E-state index contributed by atoms with van der Waals surface area (Å²) in [5.74, 6) is -1.46. The van der Waals surface area contributed by atoms with Gasteiger partial charge in [-0.3, -0.25) is 19.2 Å². The highest BCUT2D eigenvalue weighted by Gasteiger charge is 2.31. The minimum Gasteiger partial charge on any atom is -0.369 e. The van der Waals surface area contributed by atoms with Gasteiger partial charge in [-0.2, -0.15) is 0 Å². The van der Waals surface area contributed by atoms with Gasteiger partial charge >= 0.3 is 0 Å². The Morgan fingerprint density at radius 1 is 1.14 bits per heavy atom. The number of hydrogen-bond donors (Lipinski definition) is 1. The quantitative estimate of drug-likeness (QED) is 0.678. The summed E-state index contributed by atoms with van der Waals surface area (Å²) in [5.41, 5.74) is 5.37. The van der Waals surface area contributed by atoms with E-state index >= 15 is 0 Å². The van der Waals surface area contributed by atoms with Gasteiger partial charge in [0, 0.05) is 46.1 Å². The van der Waals surface area contributed by atoms with Crippen LogP contribution in [0.4, 0.5) is 0 Å². The van der Waals surface area contributed by atoms with Crippen molar-refractivity contribution in [2.45, 2.75) is 19.8 Å². The molecule has 8 heteroatoms. The molecule has 1 atom stereocenters. The zero-order valence-electron chi connectivity index (χ0n) is 12.8. The normalized spacial score (nSPS) is 22.7. The Morgan fingerprint density at radius 2 is 1.77 bits per heavy atom. The second-order valence-electron chi connectivity index (χ2n) is 5.82. The highest BCUT2D eigenvalue weighted by Crippen LogP contribution is 2.13. The SMILES string of the molecule is CC(=O)N1CCN(C(=O)CN2CCCC2=O)C[C@@H](C(N)=O)C1. The van der Waals surface area contributed by atoms with Crippen molar-refractivity contribution in [3.63, 3.8) is 0 Å². The number of likely N-dealkylation sites (tertiary alicyclic amines) is 1. The molecule has 0 unspecified atom stereocenters. The summed E-state index contributed by atoms with van der Waals surface area (Å²) in [5, 5.41) is 0. The summed E-state index contributed by atoms with van der Waals surface area (Å²) < 4.78 is 0. The van der Waals surface area contributed by atoms with Crippen LogP contribution < -0.4 is 5.73 Å². The third-order valence-corrected chi connectivity index (χ3v) is 4.22. The fourth-order valence-electron chi connectivity index (χ4n) is 2.84. The zero-order valence-corrected chi connectivity index (χ0v) is 12.8. The van der Waals surface area contributed by atoms with Crippen LogP contribution in [0, 0.1) is 5.92 Å². The molecule has 0 bridgehead atoms. The molecule has 2 saturated heterocycles. The lowest BCUT2D eigenvalue weighted by molar-refractivity contribution is -0.139. The van der Waals surface area contributed by atoms with Crippen molar-refractivity contribution in [3.05, 3.63) is 0 Å². The van der Waals surface area contributed by atoms with Crippen molar-refractivity contribution in [2.24, 2.45) is 11.7 Å². The van der Waals surface area contributed by atoms with Gasteiger partial charge in [-0.1, -0.05) is 0 Å². The predicted molar refractivity (Wildman–Crippen MR) is 77.3 cm³/mol.